The van der Waals surface area contributed by atoms with E-state index in [2.05, 4.69) is 10.1 Å². The molecule has 0 unspecified atom stereocenters. The second-order valence-corrected chi connectivity index (χ2v) is 2.71. The third kappa shape index (κ3) is 0.967. The molecule has 0 saturated heterocycles. The summed E-state index contributed by atoms with van der Waals surface area (Å²) in [5, 5.41) is 4.26. The highest BCUT2D eigenvalue weighted by molar-refractivity contribution is 5.76. The van der Waals surface area contributed by atoms with Gasteiger partial charge in [-0.05, 0) is 11.6 Å². The summed E-state index contributed by atoms with van der Waals surface area (Å²) in [6, 6.07) is 1.90. The number of hydrogen-bond acceptors (Lipinski definition) is 3. The normalized spacial score (nSPS) is 10.8. The molecule has 0 fully saturated rings. The fourth-order valence-corrected chi connectivity index (χ4v) is 1.25. The molecule has 0 aliphatic carbocycles. The number of aryl methyl sites for hydroxylation is 1. The molecule has 2 heterocycles. The average Bonchev–Trinajstić information content (AvgIpc) is 2.44. The highest BCUT2D eigenvalue weighted by Gasteiger charge is 2.02. The van der Waals surface area contributed by atoms with Crippen molar-refractivity contribution >= 4 is 11.0 Å². The van der Waals surface area contributed by atoms with Gasteiger partial charge >= 0.3 is 0 Å². The van der Waals surface area contributed by atoms with Gasteiger partial charge in [0.05, 0.1) is 6.20 Å². The Bertz CT molecular complexity index is 404. The van der Waals surface area contributed by atoms with Crippen LogP contribution >= 0.6 is 0 Å². The lowest BCUT2D eigenvalue weighted by molar-refractivity contribution is 0.777. The topological polar surface area (TPSA) is 56.7 Å². The second-order valence-electron chi connectivity index (χ2n) is 2.71. The smallest absolute Gasteiger partial charge is 0.115 e. The Hall–Kier alpha value is -1.42. The van der Waals surface area contributed by atoms with E-state index in [0.29, 0.717) is 6.54 Å². The molecule has 12 heavy (non-hydrogen) atoms. The lowest BCUT2D eigenvalue weighted by atomic mass is 10.2. The largest absolute Gasteiger partial charge is 0.326 e. The molecule has 62 valence electrons. The Morgan fingerprint density at radius 1 is 1.58 bits per heavy atom. The highest BCUT2D eigenvalue weighted by atomic mass is 15.3. The first-order valence-corrected chi connectivity index (χ1v) is 3.78. The zero-order valence-corrected chi connectivity index (χ0v) is 6.86. The van der Waals surface area contributed by atoms with E-state index in [0.717, 1.165) is 16.6 Å². The molecule has 0 radical (unpaired) electrons. The van der Waals surface area contributed by atoms with Gasteiger partial charge in [0.2, 0.25) is 0 Å². The van der Waals surface area contributed by atoms with E-state index in [1.807, 2.05) is 19.3 Å². The minimum absolute atomic E-state index is 0.510. The van der Waals surface area contributed by atoms with Crippen molar-refractivity contribution in [2.24, 2.45) is 12.8 Å². The van der Waals surface area contributed by atoms with Gasteiger partial charge in [0.25, 0.3) is 0 Å². The molecule has 0 aliphatic heterocycles. The SMILES string of the molecule is Cn1cc2nccc(CN)c2n1. The summed E-state index contributed by atoms with van der Waals surface area (Å²) in [6.07, 6.45) is 3.64. The molecule has 2 aromatic rings. The third-order valence-electron chi connectivity index (χ3n) is 1.82. The van der Waals surface area contributed by atoms with E-state index in [4.69, 9.17) is 5.73 Å². The maximum absolute atomic E-state index is 5.55. The minimum atomic E-state index is 0.510. The maximum atomic E-state index is 5.55. The lowest BCUT2D eigenvalue weighted by Gasteiger charge is -1.94. The van der Waals surface area contributed by atoms with Crippen LogP contribution in [0.15, 0.2) is 18.5 Å². The van der Waals surface area contributed by atoms with Crippen molar-refractivity contribution in [3.05, 3.63) is 24.0 Å². The summed E-state index contributed by atoms with van der Waals surface area (Å²) in [6.45, 7) is 0.510. The van der Waals surface area contributed by atoms with E-state index in [-0.39, 0.29) is 0 Å². The number of hydrogen-bond donors (Lipinski definition) is 1. The van der Waals surface area contributed by atoms with Crippen LogP contribution in [0.2, 0.25) is 0 Å². The molecule has 2 N–H and O–H groups in total. The predicted octanol–water partition coefficient (Wildman–Crippen LogP) is 0.427. The van der Waals surface area contributed by atoms with Gasteiger partial charge in [-0.3, -0.25) is 9.67 Å². The van der Waals surface area contributed by atoms with Gasteiger partial charge in [-0.1, -0.05) is 0 Å². The molecular weight excluding hydrogens is 152 g/mol. The predicted molar refractivity (Wildman–Crippen MR) is 46.4 cm³/mol. The van der Waals surface area contributed by atoms with Crippen LogP contribution in [-0.2, 0) is 13.6 Å². The van der Waals surface area contributed by atoms with Crippen molar-refractivity contribution in [1.29, 1.82) is 0 Å². The molecule has 2 rings (SSSR count). The van der Waals surface area contributed by atoms with E-state index >= 15 is 0 Å². The standard InChI is InChI=1S/C8H10N4/c1-12-5-7-8(11-12)6(4-9)2-3-10-7/h2-3,5H,4,9H2,1H3. The van der Waals surface area contributed by atoms with Crippen molar-refractivity contribution in [2.75, 3.05) is 0 Å². The first kappa shape index (κ1) is 7.24. The van der Waals surface area contributed by atoms with Crippen LogP contribution in [0.1, 0.15) is 5.56 Å². The van der Waals surface area contributed by atoms with Crippen LogP contribution in [0, 0.1) is 0 Å². The Balaban J connectivity index is 2.78. The first-order valence-electron chi connectivity index (χ1n) is 3.78. The number of nitrogens with zero attached hydrogens (tertiary/aromatic N) is 3. The summed E-state index contributed by atoms with van der Waals surface area (Å²) in [7, 11) is 1.88. The highest BCUT2D eigenvalue weighted by Crippen LogP contribution is 2.12. The summed E-state index contributed by atoms with van der Waals surface area (Å²) in [5.41, 5.74) is 8.40. The van der Waals surface area contributed by atoms with E-state index in [1.54, 1.807) is 10.9 Å². The van der Waals surface area contributed by atoms with Crippen molar-refractivity contribution < 1.29 is 0 Å². The zero-order chi connectivity index (χ0) is 8.55. The van der Waals surface area contributed by atoms with Crippen LogP contribution in [0.25, 0.3) is 11.0 Å². The zero-order valence-electron chi connectivity index (χ0n) is 6.86. The number of nitrogens with two attached hydrogens (primary N) is 1. The monoisotopic (exact) mass is 162 g/mol. The number of pyridine rings is 1. The van der Waals surface area contributed by atoms with Gasteiger partial charge in [-0.2, -0.15) is 5.10 Å². The van der Waals surface area contributed by atoms with Crippen LogP contribution in [-0.4, -0.2) is 14.8 Å². The molecule has 0 bridgehead atoms. The number of aromatic nitrogens is 3. The van der Waals surface area contributed by atoms with Crippen LogP contribution in [0.5, 0.6) is 0 Å². The molecule has 2 aromatic heterocycles. The molecule has 4 nitrogen and oxygen atoms in total. The number of fused-ring (bicyclic) bond motifs is 1. The summed E-state index contributed by atoms with van der Waals surface area (Å²) >= 11 is 0. The van der Waals surface area contributed by atoms with Gasteiger partial charge in [0.15, 0.2) is 0 Å². The molecule has 0 amide bonds. The molecular formula is C8H10N4. The van der Waals surface area contributed by atoms with Gasteiger partial charge in [-0.15, -0.1) is 0 Å². The van der Waals surface area contributed by atoms with Gasteiger partial charge < -0.3 is 5.73 Å². The second kappa shape index (κ2) is 2.57. The minimum Gasteiger partial charge on any atom is -0.326 e. The van der Waals surface area contributed by atoms with Gasteiger partial charge in [-0.25, -0.2) is 0 Å². The molecule has 0 aromatic carbocycles. The van der Waals surface area contributed by atoms with Crippen LogP contribution < -0.4 is 5.73 Å². The summed E-state index contributed by atoms with van der Waals surface area (Å²) in [4.78, 5) is 4.17. The quantitative estimate of drug-likeness (QED) is 0.661. The summed E-state index contributed by atoms with van der Waals surface area (Å²) in [5.74, 6) is 0. The first-order chi connectivity index (χ1) is 5.81. The molecule has 0 spiro atoms. The summed E-state index contributed by atoms with van der Waals surface area (Å²) < 4.78 is 1.75. The fraction of sp³-hybridized carbons (Fsp3) is 0.250. The molecule has 0 saturated carbocycles. The Kier molecular flexibility index (Phi) is 1.55. The van der Waals surface area contributed by atoms with Crippen molar-refractivity contribution in [1.82, 2.24) is 14.8 Å². The fourth-order valence-electron chi connectivity index (χ4n) is 1.25. The van der Waals surface area contributed by atoms with E-state index < -0.39 is 0 Å². The Labute approximate surface area is 70.0 Å². The average molecular weight is 162 g/mol. The third-order valence-corrected chi connectivity index (χ3v) is 1.82. The van der Waals surface area contributed by atoms with Crippen molar-refractivity contribution in [2.45, 2.75) is 6.54 Å². The van der Waals surface area contributed by atoms with Crippen LogP contribution in [0.4, 0.5) is 0 Å². The lowest BCUT2D eigenvalue weighted by Crippen LogP contribution is -1.97. The number of rotatable bonds is 1. The van der Waals surface area contributed by atoms with E-state index in [9.17, 15) is 0 Å². The maximum Gasteiger partial charge on any atom is 0.115 e. The van der Waals surface area contributed by atoms with Gasteiger partial charge in [0.1, 0.15) is 11.0 Å². The Morgan fingerprint density at radius 3 is 3.17 bits per heavy atom. The Morgan fingerprint density at radius 2 is 2.42 bits per heavy atom. The van der Waals surface area contributed by atoms with E-state index in [1.165, 1.54) is 0 Å². The molecule has 0 atom stereocenters. The van der Waals surface area contributed by atoms with Crippen LogP contribution in [0.3, 0.4) is 0 Å². The van der Waals surface area contributed by atoms with Gasteiger partial charge in [0, 0.05) is 19.8 Å². The van der Waals surface area contributed by atoms with Crippen molar-refractivity contribution in [3.63, 3.8) is 0 Å². The molecule has 0 aliphatic rings. The molecule has 4 heteroatoms. The van der Waals surface area contributed by atoms with Crippen molar-refractivity contribution in [3.8, 4) is 0 Å².